The molecule has 0 heterocycles. The van der Waals surface area contributed by atoms with Gasteiger partial charge in [0, 0.05) is 12.5 Å². The molecule has 0 atom stereocenters. The molecular formula is C11H21ClN2O. The Morgan fingerprint density at radius 3 is 2.00 bits per heavy atom. The lowest BCUT2D eigenvalue weighted by Crippen LogP contribution is -2.51. The quantitative estimate of drug-likeness (QED) is 0.757. The fraction of sp³-hybridized carbons (Fsp3) is 0.909. The van der Waals surface area contributed by atoms with Crippen molar-refractivity contribution < 1.29 is 4.79 Å². The summed E-state index contributed by atoms with van der Waals surface area (Å²) in [5.41, 5.74) is 6.17. The highest BCUT2D eigenvalue weighted by molar-refractivity contribution is 5.85. The second kappa shape index (κ2) is 4.30. The van der Waals surface area contributed by atoms with Gasteiger partial charge in [0.1, 0.15) is 0 Å². The molecule has 0 saturated heterocycles. The number of hydrogen-bond donors (Lipinski definition) is 2. The van der Waals surface area contributed by atoms with Gasteiger partial charge in [0.25, 0.3) is 0 Å². The zero-order chi connectivity index (χ0) is 10.2. The van der Waals surface area contributed by atoms with E-state index in [0.29, 0.717) is 5.41 Å². The summed E-state index contributed by atoms with van der Waals surface area (Å²) in [5.74, 6) is 0.253. The van der Waals surface area contributed by atoms with Crippen LogP contribution in [0.25, 0.3) is 0 Å². The summed E-state index contributed by atoms with van der Waals surface area (Å²) in [5, 5.41) is 2.81. The van der Waals surface area contributed by atoms with Crippen molar-refractivity contribution in [3.05, 3.63) is 0 Å². The maximum absolute atomic E-state index is 11.8. The number of halogens is 1. The van der Waals surface area contributed by atoms with Gasteiger partial charge in [-0.25, -0.2) is 0 Å². The van der Waals surface area contributed by atoms with Crippen molar-refractivity contribution in [1.82, 2.24) is 5.32 Å². The Morgan fingerprint density at radius 2 is 1.67 bits per heavy atom. The zero-order valence-electron chi connectivity index (χ0n) is 9.34. The first-order valence-corrected chi connectivity index (χ1v) is 5.59. The van der Waals surface area contributed by atoms with E-state index in [0.717, 1.165) is 45.1 Å². The van der Waals surface area contributed by atoms with Crippen LogP contribution in [0.3, 0.4) is 0 Å². The lowest BCUT2D eigenvalue weighted by molar-refractivity contribution is -0.139. The van der Waals surface area contributed by atoms with Gasteiger partial charge in [-0.2, -0.15) is 0 Å². The van der Waals surface area contributed by atoms with E-state index in [4.69, 9.17) is 5.73 Å². The molecule has 0 spiro atoms. The van der Waals surface area contributed by atoms with Crippen molar-refractivity contribution in [2.45, 2.75) is 38.5 Å². The summed E-state index contributed by atoms with van der Waals surface area (Å²) in [6.45, 7) is 0.802. The molecule has 3 nitrogen and oxygen atoms in total. The minimum atomic E-state index is -0.0360. The number of fused-ring (bicyclic) bond motifs is 3. The molecule has 3 rings (SSSR count). The van der Waals surface area contributed by atoms with Gasteiger partial charge >= 0.3 is 0 Å². The second-order valence-electron chi connectivity index (χ2n) is 5.06. The SMILES string of the molecule is CNC(=O)C12CCC(CN)(CC1)CC2.Cl. The summed E-state index contributed by atoms with van der Waals surface area (Å²) < 4.78 is 0. The van der Waals surface area contributed by atoms with Crippen molar-refractivity contribution in [3.8, 4) is 0 Å². The molecule has 0 radical (unpaired) electrons. The molecule has 2 bridgehead atoms. The van der Waals surface area contributed by atoms with E-state index in [9.17, 15) is 4.79 Å². The Morgan fingerprint density at radius 1 is 1.20 bits per heavy atom. The lowest BCUT2D eigenvalue weighted by atomic mass is 9.53. The third kappa shape index (κ3) is 1.87. The van der Waals surface area contributed by atoms with Gasteiger partial charge in [-0.05, 0) is 50.5 Å². The summed E-state index contributed by atoms with van der Waals surface area (Å²) in [4.78, 5) is 11.8. The normalized spacial score (nSPS) is 38.3. The van der Waals surface area contributed by atoms with Crippen LogP contribution in [0.4, 0.5) is 0 Å². The summed E-state index contributed by atoms with van der Waals surface area (Å²) in [7, 11) is 1.75. The van der Waals surface area contributed by atoms with E-state index >= 15 is 0 Å². The number of amides is 1. The van der Waals surface area contributed by atoms with E-state index in [1.165, 1.54) is 0 Å². The van der Waals surface area contributed by atoms with Crippen LogP contribution >= 0.6 is 12.4 Å². The number of carbonyl (C=O) groups is 1. The van der Waals surface area contributed by atoms with Gasteiger partial charge in [-0.15, -0.1) is 12.4 Å². The highest BCUT2D eigenvalue weighted by Gasteiger charge is 2.51. The predicted molar refractivity (Wildman–Crippen MR) is 62.9 cm³/mol. The molecule has 3 saturated carbocycles. The van der Waals surface area contributed by atoms with Crippen LogP contribution in [-0.2, 0) is 4.79 Å². The topological polar surface area (TPSA) is 55.1 Å². The predicted octanol–water partition coefficient (Wildman–Crippen LogP) is 1.45. The van der Waals surface area contributed by atoms with E-state index in [2.05, 4.69) is 5.32 Å². The minimum Gasteiger partial charge on any atom is -0.359 e. The summed E-state index contributed by atoms with van der Waals surface area (Å²) in [6.07, 6.45) is 6.59. The Labute approximate surface area is 97.6 Å². The largest absolute Gasteiger partial charge is 0.359 e. The molecule has 0 aliphatic heterocycles. The van der Waals surface area contributed by atoms with E-state index < -0.39 is 0 Å². The van der Waals surface area contributed by atoms with Gasteiger partial charge in [-0.3, -0.25) is 4.79 Å². The highest BCUT2D eigenvalue weighted by atomic mass is 35.5. The molecule has 1 amide bonds. The number of nitrogens with one attached hydrogen (secondary N) is 1. The van der Waals surface area contributed by atoms with Gasteiger partial charge in [-0.1, -0.05) is 0 Å². The summed E-state index contributed by atoms with van der Waals surface area (Å²) in [6, 6.07) is 0. The number of hydrogen-bond acceptors (Lipinski definition) is 2. The highest BCUT2D eigenvalue weighted by Crippen LogP contribution is 2.56. The van der Waals surface area contributed by atoms with Crippen LogP contribution in [0, 0.1) is 10.8 Å². The van der Waals surface area contributed by atoms with Crippen LogP contribution in [0.1, 0.15) is 38.5 Å². The van der Waals surface area contributed by atoms with Gasteiger partial charge < -0.3 is 11.1 Å². The van der Waals surface area contributed by atoms with Crippen molar-refractivity contribution in [3.63, 3.8) is 0 Å². The van der Waals surface area contributed by atoms with Gasteiger partial charge in [0.2, 0.25) is 5.91 Å². The van der Waals surface area contributed by atoms with Crippen LogP contribution in [-0.4, -0.2) is 19.5 Å². The van der Waals surface area contributed by atoms with Crippen molar-refractivity contribution in [2.75, 3.05) is 13.6 Å². The third-order valence-corrected chi connectivity index (χ3v) is 4.54. The monoisotopic (exact) mass is 232 g/mol. The summed E-state index contributed by atoms with van der Waals surface area (Å²) >= 11 is 0. The lowest BCUT2D eigenvalue weighted by Gasteiger charge is -2.52. The van der Waals surface area contributed by atoms with Gasteiger partial charge in [0.15, 0.2) is 0 Å². The fourth-order valence-corrected chi connectivity index (χ4v) is 3.18. The van der Waals surface area contributed by atoms with E-state index in [1.807, 2.05) is 0 Å². The molecule has 3 fully saturated rings. The number of nitrogens with two attached hydrogens (primary N) is 1. The molecule has 88 valence electrons. The Kier molecular flexibility index (Phi) is 3.67. The molecule has 4 heteroatoms. The Balaban J connectivity index is 0.00000112. The molecule has 15 heavy (non-hydrogen) atoms. The smallest absolute Gasteiger partial charge is 0.225 e. The maximum Gasteiger partial charge on any atom is 0.225 e. The maximum atomic E-state index is 11.8. The van der Waals surface area contributed by atoms with Crippen molar-refractivity contribution in [2.24, 2.45) is 16.6 Å². The molecule has 3 aliphatic rings. The molecule has 0 aromatic rings. The third-order valence-electron chi connectivity index (χ3n) is 4.54. The first kappa shape index (κ1) is 12.8. The van der Waals surface area contributed by atoms with Crippen LogP contribution in [0.5, 0.6) is 0 Å². The van der Waals surface area contributed by atoms with Crippen molar-refractivity contribution in [1.29, 1.82) is 0 Å². The first-order chi connectivity index (χ1) is 6.66. The average molecular weight is 233 g/mol. The Hall–Kier alpha value is -0.280. The van der Waals surface area contributed by atoms with Crippen LogP contribution in [0.2, 0.25) is 0 Å². The van der Waals surface area contributed by atoms with Crippen molar-refractivity contribution >= 4 is 18.3 Å². The van der Waals surface area contributed by atoms with Crippen LogP contribution < -0.4 is 11.1 Å². The molecule has 3 N–H and O–H groups in total. The van der Waals surface area contributed by atoms with E-state index in [1.54, 1.807) is 7.05 Å². The van der Waals surface area contributed by atoms with E-state index in [-0.39, 0.29) is 23.7 Å². The number of carbonyl (C=O) groups excluding carboxylic acids is 1. The molecule has 0 unspecified atom stereocenters. The second-order valence-corrected chi connectivity index (χ2v) is 5.06. The number of rotatable bonds is 2. The standard InChI is InChI=1S/C11H20N2O.ClH/c1-13-9(14)11-5-2-10(8-12,3-6-11)4-7-11;/h2-8,12H2,1H3,(H,13,14);1H. The molecule has 0 aromatic carbocycles. The average Bonchev–Trinajstić information content (AvgIpc) is 2.30. The zero-order valence-corrected chi connectivity index (χ0v) is 10.2. The first-order valence-electron chi connectivity index (χ1n) is 5.59. The fourth-order valence-electron chi connectivity index (χ4n) is 3.18. The molecular weight excluding hydrogens is 212 g/mol. The van der Waals surface area contributed by atoms with Crippen LogP contribution in [0.15, 0.2) is 0 Å². The molecule has 0 aromatic heterocycles. The molecule has 3 aliphatic carbocycles. The Bertz CT molecular complexity index is 230. The minimum absolute atomic E-state index is 0. The van der Waals surface area contributed by atoms with Gasteiger partial charge in [0.05, 0.1) is 0 Å².